The number of nitrogens with two attached hydrogens (primary N) is 3. The largest absolute Gasteiger partial charge is 0.403 e. The molecule has 9 nitrogen and oxygen atoms in total. The van der Waals surface area contributed by atoms with Crippen molar-refractivity contribution in [1.29, 1.82) is 5.41 Å². The van der Waals surface area contributed by atoms with Crippen molar-refractivity contribution in [2.24, 2.45) is 23.1 Å². The van der Waals surface area contributed by atoms with Crippen LogP contribution in [0.1, 0.15) is 37.2 Å². The summed E-state index contributed by atoms with van der Waals surface area (Å²) in [5.74, 6) is 0.189. The molecule has 0 unspecified atom stereocenters. The highest BCUT2D eigenvalue weighted by molar-refractivity contribution is 5.97. The smallest absolute Gasteiger partial charge is 0.271 e. The lowest BCUT2D eigenvalue weighted by atomic mass is 9.97. The SMILES string of the molecule is CCC[C@@H](CNc1cnc(C(N)=O)c(N/C(C=N)=C/N)n1)[C@H](C)N. The van der Waals surface area contributed by atoms with Gasteiger partial charge in [-0.05, 0) is 19.3 Å². The molecular formula is C15H26N8O. The highest BCUT2D eigenvalue weighted by Gasteiger charge is 2.16. The van der Waals surface area contributed by atoms with Crippen molar-refractivity contribution in [3.8, 4) is 0 Å². The van der Waals surface area contributed by atoms with Gasteiger partial charge >= 0.3 is 0 Å². The number of carbonyl (C=O) groups excluding carboxylic acids is 1. The van der Waals surface area contributed by atoms with E-state index in [0.29, 0.717) is 18.3 Å². The van der Waals surface area contributed by atoms with Gasteiger partial charge in [0.05, 0.1) is 11.9 Å². The van der Waals surface area contributed by atoms with Crippen molar-refractivity contribution in [2.75, 3.05) is 17.2 Å². The second-order valence-electron chi connectivity index (χ2n) is 5.50. The van der Waals surface area contributed by atoms with E-state index in [4.69, 9.17) is 22.6 Å². The van der Waals surface area contributed by atoms with Crippen LogP contribution >= 0.6 is 0 Å². The Bertz CT molecular complexity index is 599. The van der Waals surface area contributed by atoms with Crippen molar-refractivity contribution < 1.29 is 4.79 Å². The molecule has 1 rings (SSSR count). The first kappa shape index (κ1) is 19.4. The molecule has 0 aromatic carbocycles. The van der Waals surface area contributed by atoms with Crippen LogP contribution in [-0.2, 0) is 0 Å². The minimum absolute atomic E-state index is 0.0287. The normalized spacial score (nSPS) is 13.9. The van der Waals surface area contributed by atoms with Gasteiger partial charge in [0.15, 0.2) is 11.5 Å². The summed E-state index contributed by atoms with van der Waals surface area (Å²) in [6.45, 7) is 4.72. The number of carbonyl (C=O) groups is 1. The van der Waals surface area contributed by atoms with Crippen LogP contribution in [0.2, 0.25) is 0 Å². The highest BCUT2D eigenvalue weighted by Crippen LogP contribution is 2.16. The van der Waals surface area contributed by atoms with E-state index < -0.39 is 5.91 Å². The van der Waals surface area contributed by atoms with Crippen LogP contribution in [-0.4, -0.2) is 34.7 Å². The van der Waals surface area contributed by atoms with Gasteiger partial charge in [0, 0.05) is 25.0 Å². The number of hydrogen-bond acceptors (Lipinski definition) is 8. The third-order valence-corrected chi connectivity index (χ3v) is 3.55. The van der Waals surface area contributed by atoms with Crippen molar-refractivity contribution in [1.82, 2.24) is 9.97 Å². The van der Waals surface area contributed by atoms with Gasteiger partial charge in [-0.15, -0.1) is 0 Å². The van der Waals surface area contributed by atoms with Crippen LogP contribution in [0.4, 0.5) is 11.6 Å². The minimum atomic E-state index is -0.725. The van der Waals surface area contributed by atoms with Crippen molar-refractivity contribution in [2.45, 2.75) is 32.7 Å². The zero-order valence-electron chi connectivity index (χ0n) is 14.0. The average Bonchev–Trinajstić information content (AvgIpc) is 2.55. The topological polar surface area (TPSA) is 169 Å². The number of nitrogens with zero attached hydrogens (tertiary/aromatic N) is 2. The van der Waals surface area contributed by atoms with Crippen LogP contribution in [0.15, 0.2) is 18.1 Å². The predicted octanol–water partition coefficient (Wildman–Crippen LogP) is 0.612. The molecule has 1 heterocycles. The molecule has 9 N–H and O–H groups in total. The maximum absolute atomic E-state index is 11.5. The number of amides is 1. The Morgan fingerprint density at radius 3 is 2.71 bits per heavy atom. The molecule has 0 spiro atoms. The number of nitrogens with one attached hydrogen (secondary N) is 3. The lowest BCUT2D eigenvalue weighted by molar-refractivity contribution is 0.0996. The van der Waals surface area contributed by atoms with E-state index in [1.54, 1.807) is 0 Å². The molecule has 0 fully saturated rings. The first-order valence-corrected chi connectivity index (χ1v) is 7.78. The summed E-state index contributed by atoms with van der Waals surface area (Å²) in [7, 11) is 0. The van der Waals surface area contributed by atoms with E-state index in [-0.39, 0.29) is 23.3 Å². The van der Waals surface area contributed by atoms with Crippen LogP contribution in [0.25, 0.3) is 0 Å². The summed E-state index contributed by atoms with van der Waals surface area (Å²) < 4.78 is 0. The van der Waals surface area contributed by atoms with Crippen molar-refractivity contribution in [3.05, 3.63) is 23.8 Å². The maximum Gasteiger partial charge on any atom is 0.271 e. The van der Waals surface area contributed by atoms with Gasteiger partial charge in [0.1, 0.15) is 5.82 Å². The zero-order chi connectivity index (χ0) is 18.1. The summed E-state index contributed by atoms with van der Waals surface area (Å²) in [4.78, 5) is 19.8. The maximum atomic E-state index is 11.5. The molecule has 0 saturated heterocycles. The Morgan fingerprint density at radius 1 is 1.50 bits per heavy atom. The Kier molecular flexibility index (Phi) is 7.63. The van der Waals surface area contributed by atoms with E-state index in [0.717, 1.165) is 19.1 Å². The number of allylic oxidation sites excluding steroid dienone is 1. The first-order valence-electron chi connectivity index (χ1n) is 7.78. The molecule has 1 amide bonds. The summed E-state index contributed by atoms with van der Waals surface area (Å²) in [5.41, 5.74) is 16.9. The Labute approximate surface area is 141 Å². The molecule has 0 aliphatic carbocycles. The monoisotopic (exact) mass is 334 g/mol. The van der Waals surface area contributed by atoms with E-state index in [2.05, 4.69) is 27.5 Å². The Balaban J connectivity index is 2.97. The van der Waals surface area contributed by atoms with Gasteiger partial charge in [0.25, 0.3) is 5.91 Å². The van der Waals surface area contributed by atoms with Gasteiger partial charge in [-0.25, -0.2) is 9.97 Å². The second-order valence-corrected chi connectivity index (χ2v) is 5.50. The number of hydrogen-bond donors (Lipinski definition) is 6. The lowest BCUT2D eigenvalue weighted by Crippen LogP contribution is -2.32. The quantitative estimate of drug-likeness (QED) is 0.340. The lowest BCUT2D eigenvalue weighted by Gasteiger charge is -2.21. The van der Waals surface area contributed by atoms with Crippen LogP contribution in [0, 0.1) is 11.3 Å². The molecular weight excluding hydrogens is 308 g/mol. The number of aromatic nitrogens is 2. The van der Waals surface area contributed by atoms with Gasteiger partial charge in [0.2, 0.25) is 0 Å². The fraction of sp³-hybridized carbons (Fsp3) is 0.467. The molecule has 1 aromatic heterocycles. The van der Waals surface area contributed by atoms with Gasteiger partial charge in [-0.1, -0.05) is 13.3 Å². The highest BCUT2D eigenvalue weighted by atomic mass is 16.1. The molecule has 0 bridgehead atoms. The molecule has 1 aromatic rings. The van der Waals surface area contributed by atoms with Crippen molar-refractivity contribution >= 4 is 23.8 Å². The number of rotatable bonds is 10. The molecule has 2 atom stereocenters. The molecule has 132 valence electrons. The second kappa shape index (κ2) is 9.46. The van der Waals surface area contributed by atoms with Gasteiger partial charge in [-0.2, -0.15) is 0 Å². The van der Waals surface area contributed by atoms with Crippen LogP contribution < -0.4 is 27.8 Å². The molecule has 0 aliphatic rings. The van der Waals surface area contributed by atoms with E-state index in [1.807, 2.05) is 6.92 Å². The predicted molar refractivity (Wildman–Crippen MR) is 95.8 cm³/mol. The molecule has 24 heavy (non-hydrogen) atoms. The average molecular weight is 334 g/mol. The number of primary amides is 1. The van der Waals surface area contributed by atoms with Crippen LogP contribution in [0.3, 0.4) is 0 Å². The third kappa shape index (κ3) is 5.51. The summed E-state index contributed by atoms with van der Waals surface area (Å²) in [6.07, 6.45) is 5.66. The fourth-order valence-corrected chi connectivity index (χ4v) is 2.16. The Hall–Kier alpha value is -2.68. The van der Waals surface area contributed by atoms with Crippen molar-refractivity contribution in [3.63, 3.8) is 0 Å². The van der Waals surface area contributed by atoms with Gasteiger partial charge in [-0.3, -0.25) is 4.79 Å². The Morgan fingerprint density at radius 2 is 2.21 bits per heavy atom. The van der Waals surface area contributed by atoms with E-state index in [9.17, 15) is 4.79 Å². The van der Waals surface area contributed by atoms with Crippen LogP contribution in [0.5, 0.6) is 0 Å². The molecule has 0 saturated carbocycles. The summed E-state index contributed by atoms with van der Waals surface area (Å²) in [5, 5.41) is 13.2. The molecule has 0 aliphatic heterocycles. The van der Waals surface area contributed by atoms with Gasteiger partial charge < -0.3 is 33.2 Å². The standard InChI is InChI=1S/C15H26N8O/c1-3-4-10(9(2)18)7-20-12-8-21-13(14(19)24)15(23-12)22-11(5-16)6-17/h5-6,8-10,16H,3-4,7,17-18H2,1-2H3,(H2,19,24)(H2,20,22,23)/b11-6+,16-5?/t9-,10-/m0/s1. The molecule has 9 heteroatoms. The number of anilines is 2. The van der Waals surface area contributed by atoms with E-state index >= 15 is 0 Å². The summed E-state index contributed by atoms with van der Waals surface area (Å²) >= 11 is 0. The third-order valence-electron chi connectivity index (χ3n) is 3.55. The van der Waals surface area contributed by atoms with E-state index in [1.165, 1.54) is 12.4 Å². The fourth-order valence-electron chi connectivity index (χ4n) is 2.16. The zero-order valence-corrected chi connectivity index (χ0v) is 14.0. The minimum Gasteiger partial charge on any atom is -0.403 e. The summed E-state index contributed by atoms with van der Waals surface area (Å²) in [6, 6.07) is 0.0533. The molecule has 0 radical (unpaired) electrons. The first-order chi connectivity index (χ1) is 11.4.